The van der Waals surface area contributed by atoms with Crippen LogP contribution in [0.3, 0.4) is 0 Å². The lowest BCUT2D eigenvalue weighted by Crippen LogP contribution is -2.58. The second kappa shape index (κ2) is 4.80. The van der Waals surface area contributed by atoms with Crippen molar-refractivity contribution in [2.75, 3.05) is 0 Å². The van der Waals surface area contributed by atoms with E-state index in [0.29, 0.717) is 29.5 Å². The van der Waals surface area contributed by atoms with Gasteiger partial charge >= 0.3 is 0 Å². The second-order valence-corrected chi connectivity index (χ2v) is 9.14. The van der Waals surface area contributed by atoms with Crippen LogP contribution in [0.25, 0.3) is 0 Å². The zero-order chi connectivity index (χ0) is 15.7. The van der Waals surface area contributed by atoms with Crippen molar-refractivity contribution in [3.8, 4) is 0 Å². The van der Waals surface area contributed by atoms with Gasteiger partial charge in [-0.05, 0) is 74.0 Å². The molecule has 0 amide bonds. The predicted octanol–water partition coefficient (Wildman–Crippen LogP) is 2.93. The average Bonchev–Trinajstić information content (AvgIpc) is 2.77. The largest absolute Gasteiger partial charge is 0.393 e. The normalized spacial score (nSPS) is 57.9. The minimum Gasteiger partial charge on any atom is -0.393 e. The SMILES string of the molecule is C[C@@]12CC[C@H](O)C[C@@H]1C[C@H](O)[C@H]1[C@H]2CC[C@@]2(C)C(=O)CC[C@H]12. The number of Topliss-reactive ketones (excluding diaryl/α,β-unsaturated/α-hetero) is 1. The lowest BCUT2D eigenvalue weighted by Gasteiger charge is -2.61. The highest BCUT2D eigenvalue weighted by Crippen LogP contribution is 2.65. The number of fused-ring (bicyclic) bond motifs is 5. The molecular formula is C19H30O3. The van der Waals surface area contributed by atoms with Crippen molar-refractivity contribution in [2.45, 2.75) is 77.4 Å². The van der Waals surface area contributed by atoms with Gasteiger partial charge < -0.3 is 10.2 Å². The molecule has 0 heterocycles. The topological polar surface area (TPSA) is 57.5 Å². The van der Waals surface area contributed by atoms with Gasteiger partial charge in [-0.2, -0.15) is 0 Å². The van der Waals surface area contributed by atoms with E-state index < -0.39 is 0 Å². The first kappa shape index (κ1) is 15.1. The molecule has 4 rings (SSSR count). The summed E-state index contributed by atoms with van der Waals surface area (Å²) in [4.78, 5) is 12.4. The Kier molecular flexibility index (Phi) is 3.30. The molecule has 0 aromatic heterocycles. The first-order chi connectivity index (χ1) is 10.4. The molecular weight excluding hydrogens is 276 g/mol. The Morgan fingerprint density at radius 2 is 1.77 bits per heavy atom. The number of hydrogen-bond acceptors (Lipinski definition) is 3. The number of carbonyl (C=O) groups excluding carboxylic acids is 1. The third-order valence-corrected chi connectivity index (χ3v) is 8.36. The van der Waals surface area contributed by atoms with E-state index in [2.05, 4.69) is 13.8 Å². The number of ketones is 1. The molecule has 0 radical (unpaired) electrons. The third-order valence-electron chi connectivity index (χ3n) is 8.36. The Bertz CT molecular complexity index is 489. The zero-order valence-corrected chi connectivity index (χ0v) is 13.9. The first-order valence-corrected chi connectivity index (χ1v) is 9.25. The number of carbonyl (C=O) groups is 1. The fourth-order valence-corrected chi connectivity index (χ4v) is 6.97. The van der Waals surface area contributed by atoms with Gasteiger partial charge in [-0.15, -0.1) is 0 Å². The van der Waals surface area contributed by atoms with E-state index in [9.17, 15) is 15.0 Å². The summed E-state index contributed by atoms with van der Waals surface area (Å²) in [5.41, 5.74) is 0.0929. The van der Waals surface area contributed by atoms with E-state index in [0.717, 1.165) is 51.4 Å². The molecule has 4 aliphatic carbocycles. The van der Waals surface area contributed by atoms with Crippen molar-refractivity contribution in [3.05, 3.63) is 0 Å². The lowest BCUT2D eigenvalue weighted by atomic mass is 9.44. The number of aliphatic hydroxyl groups is 2. The summed E-state index contributed by atoms with van der Waals surface area (Å²) >= 11 is 0. The summed E-state index contributed by atoms with van der Waals surface area (Å²) in [6.45, 7) is 4.57. The molecule has 0 unspecified atom stereocenters. The van der Waals surface area contributed by atoms with Crippen molar-refractivity contribution < 1.29 is 15.0 Å². The van der Waals surface area contributed by atoms with Crippen LogP contribution in [-0.2, 0) is 4.79 Å². The standard InChI is InChI=1S/C19H30O3/c1-18-7-5-12(20)9-11(18)10-15(21)17-13-3-4-16(22)19(13,2)8-6-14(17)18/h11-15,17,20-21H,3-10H2,1-2H3/t11-,12+,13-,14-,15+,17-,18-,19-/m1/s1. The maximum Gasteiger partial charge on any atom is 0.139 e. The zero-order valence-electron chi connectivity index (χ0n) is 13.9. The summed E-state index contributed by atoms with van der Waals surface area (Å²) in [6.07, 6.45) is 7.03. The van der Waals surface area contributed by atoms with Gasteiger partial charge in [0.1, 0.15) is 5.78 Å². The molecule has 2 N–H and O–H groups in total. The van der Waals surface area contributed by atoms with Crippen LogP contribution in [0.15, 0.2) is 0 Å². The van der Waals surface area contributed by atoms with Gasteiger partial charge in [-0.1, -0.05) is 13.8 Å². The highest BCUT2D eigenvalue weighted by Gasteiger charge is 2.62. The Morgan fingerprint density at radius 3 is 2.55 bits per heavy atom. The summed E-state index contributed by atoms with van der Waals surface area (Å²) in [6, 6.07) is 0. The molecule has 4 aliphatic rings. The second-order valence-electron chi connectivity index (χ2n) is 9.14. The molecule has 0 aromatic rings. The van der Waals surface area contributed by atoms with Gasteiger partial charge in [0, 0.05) is 11.8 Å². The van der Waals surface area contributed by atoms with Crippen LogP contribution >= 0.6 is 0 Å². The van der Waals surface area contributed by atoms with Gasteiger partial charge in [0.15, 0.2) is 0 Å². The van der Waals surface area contributed by atoms with Gasteiger partial charge in [0.25, 0.3) is 0 Å². The Labute approximate surface area is 133 Å². The van der Waals surface area contributed by atoms with Gasteiger partial charge in [-0.3, -0.25) is 4.79 Å². The molecule has 4 fully saturated rings. The lowest BCUT2D eigenvalue weighted by molar-refractivity contribution is -0.171. The van der Waals surface area contributed by atoms with Crippen molar-refractivity contribution in [2.24, 2.45) is 34.5 Å². The van der Waals surface area contributed by atoms with E-state index in [1.165, 1.54) is 0 Å². The van der Waals surface area contributed by atoms with E-state index in [1.54, 1.807) is 0 Å². The van der Waals surface area contributed by atoms with Crippen LogP contribution in [0.5, 0.6) is 0 Å². The maximum absolute atomic E-state index is 12.4. The minimum atomic E-state index is -0.274. The third kappa shape index (κ3) is 1.84. The highest BCUT2D eigenvalue weighted by molar-refractivity contribution is 5.87. The van der Waals surface area contributed by atoms with Crippen molar-refractivity contribution in [1.82, 2.24) is 0 Å². The van der Waals surface area contributed by atoms with E-state index in [1.807, 2.05) is 0 Å². The van der Waals surface area contributed by atoms with Crippen LogP contribution < -0.4 is 0 Å². The molecule has 22 heavy (non-hydrogen) atoms. The highest BCUT2D eigenvalue weighted by atomic mass is 16.3. The van der Waals surface area contributed by atoms with E-state index >= 15 is 0 Å². The molecule has 3 nitrogen and oxygen atoms in total. The Morgan fingerprint density at radius 1 is 1.00 bits per heavy atom. The van der Waals surface area contributed by atoms with Crippen LogP contribution in [0, 0.1) is 34.5 Å². The molecule has 4 saturated carbocycles. The van der Waals surface area contributed by atoms with Gasteiger partial charge in [0.2, 0.25) is 0 Å². The molecule has 3 heteroatoms. The summed E-state index contributed by atoms with van der Waals surface area (Å²) in [5, 5.41) is 20.9. The average molecular weight is 306 g/mol. The molecule has 8 atom stereocenters. The molecule has 0 saturated heterocycles. The quantitative estimate of drug-likeness (QED) is 0.723. The van der Waals surface area contributed by atoms with Crippen molar-refractivity contribution in [3.63, 3.8) is 0 Å². The molecule has 0 bridgehead atoms. The molecule has 0 spiro atoms. The minimum absolute atomic E-state index is 0.167. The van der Waals surface area contributed by atoms with Crippen molar-refractivity contribution in [1.29, 1.82) is 0 Å². The van der Waals surface area contributed by atoms with E-state index in [-0.39, 0.29) is 23.0 Å². The van der Waals surface area contributed by atoms with Crippen LogP contribution in [0.1, 0.15) is 65.2 Å². The van der Waals surface area contributed by atoms with E-state index in [4.69, 9.17) is 0 Å². The monoisotopic (exact) mass is 306 g/mol. The molecule has 124 valence electrons. The summed E-state index contributed by atoms with van der Waals surface area (Å²) in [5.74, 6) is 2.13. The first-order valence-electron chi connectivity index (χ1n) is 9.25. The maximum atomic E-state index is 12.4. The number of hydrogen-bond donors (Lipinski definition) is 2. The van der Waals surface area contributed by atoms with Gasteiger partial charge in [0.05, 0.1) is 12.2 Å². The molecule has 0 aromatic carbocycles. The van der Waals surface area contributed by atoms with Crippen LogP contribution in [0.4, 0.5) is 0 Å². The predicted molar refractivity (Wildman–Crippen MR) is 84.1 cm³/mol. The number of aliphatic hydroxyl groups excluding tert-OH is 2. The Hall–Kier alpha value is -0.410. The van der Waals surface area contributed by atoms with Crippen LogP contribution in [-0.4, -0.2) is 28.2 Å². The van der Waals surface area contributed by atoms with Gasteiger partial charge in [-0.25, -0.2) is 0 Å². The van der Waals surface area contributed by atoms with Crippen molar-refractivity contribution >= 4 is 5.78 Å². The molecule has 0 aliphatic heterocycles. The fourth-order valence-electron chi connectivity index (χ4n) is 6.97. The Balaban J connectivity index is 1.69. The number of rotatable bonds is 0. The summed E-state index contributed by atoms with van der Waals surface area (Å²) in [7, 11) is 0. The fraction of sp³-hybridized carbons (Fsp3) is 0.947. The summed E-state index contributed by atoms with van der Waals surface area (Å²) < 4.78 is 0. The van der Waals surface area contributed by atoms with Crippen LogP contribution in [0.2, 0.25) is 0 Å². The smallest absolute Gasteiger partial charge is 0.139 e.